The van der Waals surface area contributed by atoms with Crippen molar-refractivity contribution in [3.05, 3.63) is 42.1 Å². The van der Waals surface area contributed by atoms with Gasteiger partial charge in [-0.25, -0.2) is 14.8 Å². The Morgan fingerprint density at radius 2 is 2.22 bits per heavy atom. The number of pyridine rings is 1. The van der Waals surface area contributed by atoms with E-state index in [0.717, 1.165) is 0 Å². The van der Waals surface area contributed by atoms with Gasteiger partial charge in [-0.05, 0) is 12.1 Å². The van der Waals surface area contributed by atoms with Gasteiger partial charge in [0.1, 0.15) is 10.8 Å². The molecule has 2 N–H and O–H groups in total. The Bertz CT molecular complexity index is 609. The van der Waals surface area contributed by atoms with Gasteiger partial charge in [0.2, 0.25) is 0 Å². The SMILES string of the molecule is COC(=O)c1ccnc(-n2ccnc2C(N)=S)c1. The molecule has 0 fully saturated rings. The van der Waals surface area contributed by atoms with Crippen LogP contribution in [0.15, 0.2) is 30.7 Å². The predicted molar refractivity (Wildman–Crippen MR) is 68.6 cm³/mol. The highest BCUT2D eigenvalue weighted by molar-refractivity contribution is 7.80. The van der Waals surface area contributed by atoms with Gasteiger partial charge in [-0.3, -0.25) is 4.57 Å². The maximum Gasteiger partial charge on any atom is 0.338 e. The van der Waals surface area contributed by atoms with Crippen molar-refractivity contribution >= 4 is 23.2 Å². The molecule has 0 aliphatic rings. The minimum Gasteiger partial charge on any atom is -0.465 e. The number of nitrogens with two attached hydrogens (primary N) is 1. The lowest BCUT2D eigenvalue weighted by Crippen LogP contribution is -2.16. The highest BCUT2D eigenvalue weighted by atomic mass is 32.1. The van der Waals surface area contributed by atoms with Crippen LogP contribution in [0.2, 0.25) is 0 Å². The summed E-state index contributed by atoms with van der Waals surface area (Å²) in [7, 11) is 1.32. The minimum atomic E-state index is -0.435. The zero-order valence-corrected chi connectivity index (χ0v) is 10.3. The van der Waals surface area contributed by atoms with Crippen molar-refractivity contribution in [2.75, 3.05) is 7.11 Å². The van der Waals surface area contributed by atoms with E-state index in [-0.39, 0.29) is 4.99 Å². The number of esters is 1. The number of aromatic nitrogens is 3. The first kappa shape index (κ1) is 12.2. The van der Waals surface area contributed by atoms with Gasteiger partial charge < -0.3 is 10.5 Å². The van der Waals surface area contributed by atoms with E-state index < -0.39 is 5.97 Å². The summed E-state index contributed by atoms with van der Waals surface area (Å²) < 4.78 is 6.25. The van der Waals surface area contributed by atoms with E-state index in [1.54, 1.807) is 29.1 Å². The molecule has 0 unspecified atom stereocenters. The van der Waals surface area contributed by atoms with E-state index in [1.807, 2.05) is 0 Å². The van der Waals surface area contributed by atoms with Crippen molar-refractivity contribution in [3.63, 3.8) is 0 Å². The molecule has 0 bridgehead atoms. The van der Waals surface area contributed by atoms with Crippen molar-refractivity contribution in [3.8, 4) is 5.82 Å². The van der Waals surface area contributed by atoms with E-state index in [1.165, 1.54) is 13.3 Å². The molecular weight excluding hydrogens is 252 g/mol. The first-order valence-corrected chi connectivity index (χ1v) is 5.42. The monoisotopic (exact) mass is 262 g/mol. The molecule has 0 atom stereocenters. The van der Waals surface area contributed by atoms with Gasteiger partial charge in [0.05, 0.1) is 12.7 Å². The minimum absolute atomic E-state index is 0.158. The second-order valence-electron chi connectivity index (χ2n) is 3.38. The molecule has 92 valence electrons. The number of hydrogen-bond acceptors (Lipinski definition) is 5. The Kier molecular flexibility index (Phi) is 3.33. The highest BCUT2D eigenvalue weighted by Gasteiger charge is 2.11. The lowest BCUT2D eigenvalue weighted by molar-refractivity contribution is 0.0600. The zero-order valence-electron chi connectivity index (χ0n) is 9.53. The fourth-order valence-electron chi connectivity index (χ4n) is 1.47. The van der Waals surface area contributed by atoms with Gasteiger partial charge in [-0.1, -0.05) is 12.2 Å². The van der Waals surface area contributed by atoms with E-state index in [0.29, 0.717) is 17.2 Å². The summed E-state index contributed by atoms with van der Waals surface area (Å²) in [5.74, 6) is 0.480. The van der Waals surface area contributed by atoms with Gasteiger partial charge in [0, 0.05) is 18.6 Å². The second kappa shape index (κ2) is 4.92. The molecule has 0 aliphatic carbocycles. The Hall–Kier alpha value is -2.28. The van der Waals surface area contributed by atoms with Gasteiger partial charge in [-0.2, -0.15) is 0 Å². The number of methoxy groups -OCH3 is 1. The van der Waals surface area contributed by atoms with Crippen LogP contribution in [0.1, 0.15) is 16.2 Å². The number of carbonyl (C=O) groups excluding carboxylic acids is 1. The Morgan fingerprint density at radius 1 is 1.44 bits per heavy atom. The van der Waals surface area contributed by atoms with Crippen molar-refractivity contribution in [2.45, 2.75) is 0 Å². The molecule has 2 heterocycles. The molecule has 7 heteroatoms. The molecule has 0 saturated heterocycles. The molecular formula is C11H10N4O2S. The molecule has 0 amide bonds. The van der Waals surface area contributed by atoms with E-state index >= 15 is 0 Å². The van der Waals surface area contributed by atoms with Crippen LogP contribution in [0.5, 0.6) is 0 Å². The Morgan fingerprint density at radius 3 is 2.89 bits per heavy atom. The summed E-state index contributed by atoms with van der Waals surface area (Å²) in [5, 5.41) is 0. The quantitative estimate of drug-likeness (QED) is 0.647. The summed E-state index contributed by atoms with van der Waals surface area (Å²) in [6.45, 7) is 0. The third kappa shape index (κ3) is 2.21. The molecule has 0 aromatic carbocycles. The van der Waals surface area contributed by atoms with E-state index in [9.17, 15) is 4.79 Å². The number of rotatable bonds is 3. The van der Waals surface area contributed by atoms with Crippen molar-refractivity contribution < 1.29 is 9.53 Å². The molecule has 0 radical (unpaired) electrons. The first-order chi connectivity index (χ1) is 8.63. The van der Waals surface area contributed by atoms with E-state index in [2.05, 4.69) is 14.7 Å². The van der Waals surface area contributed by atoms with Crippen molar-refractivity contribution in [1.82, 2.24) is 14.5 Å². The lowest BCUT2D eigenvalue weighted by Gasteiger charge is -2.06. The standard InChI is InChI=1S/C11H10N4O2S/c1-17-11(16)7-2-3-13-8(6-7)15-5-4-14-10(15)9(12)18/h2-6H,1H3,(H2,12,18). The summed E-state index contributed by atoms with van der Waals surface area (Å²) in [6, 6.07) is 3.14. The molecule has 18 heavy (non-hydrogen) atoms. The maximum absolute atomic E-state index is 11.4. The number of thiocarbonyl (C=S) groups is 1. The Labute approximate surface area is 108 Å². The molecule has 0 aliphatic heterocycles. The lowest BCUT2D eigenvalue weighted by atomic mass is 10.2. The smallest absolute Gasteiger partial charge is 0.338 e. The van der Waals surface area contributed by atoms with Crippen LogP contribution in [0, 0.1) is 0 Å². The molecule has 6 nitrogen and oxygen atoms in total. The molecule has 2 rings (SSSR count). The molecule has 0 saturated carbocycles. The summed E-state index contributed by atoms with van der Waals surface area (Å²) in [4.78, 5) is 19.8. The zero-order chi connectivity index (χ0) is 13.1. The first-order valence-electron chi connectivity index (χ1n) is 5.01. The van der Waals surface area contributed by atoms with Crippen LogP contribution in [-0.4, -0.2) is 32.6 Å². The van der Waals surface area contributed by atoms with Gasteiger partial charge in [-0.15, -0.1) is 0 Å². The summed E-state index contributed by atoms with van der Waals surface area (Å²) in [6.07, 6.45) is 4.73. The van der Waals surface area contributed by atoms with Crippen LogP contribution in [0.3, 0.4) is 0 Å². The third-order valence-electron chi connectivity index (χ3n) is 2.27. The van der Waals surface area contributed by atoms with Crippen LogP contribution < -0.4 is 5.73 Å². The summed E-state index contributed by atoms with van der Waals surface area (Å²) >= 11 is 4.89. The number of nitrogens with zero attached hydrogens (tertiary/aromatic N) is 3. The average molecular weight is 262 g/mol. The van der Waals surface area contributed by atoms with Crippen LogP contribution >= 0.6 is 12.2 Å². The number of hydrogen-bond donors (Lipinski definition) is 1. The largest absolute Gasteiger partial charge is 0.465 e. The number of ether oxygens (including phenoxy) is 1. The van der Waals surface area contributed by atoms with Crippen LogP contribution in [-0.2, 0) is 4.74 Å². The fourth-order valence-corrected chi connectivity index (χ4v) is 1.62. The van der Waals surface area contributed by atoms with Crippen molar-refractivity contribution in [2.24, 2.45) is 5.73 Å². The average Bonchev–Trinajstić information content (AvgIpc) is 2.87. The van der Waals surface area contributed by atoms with Gasteiger partial charge in [0.15, 0.2) is 5.82 Å². The molecule has 2 aromatic heterocycles. The van der Waals surface area contributed by atoms with Crippen LogP contribution in [0.4, 0.5) is 0 Å². The van der Waals surface area contributed by atoms with Crippen molar-refractivity contribution in [1.29, 1.82) is 0 Å². The number of imidazole rings is 1. The molecule has 0 spiro atoms. The van der Waals surface area contributed by atoms with E-state index in [4.69, 9.17) is 18.0 Å². The third-order valence-corrected chi connectivity index (χ3v) is 2.46. The van der Waals surface area contributed by atoms with Crippen LogP contribution in [0.25, 0.3) is 5.82 Å². The topological polar surface area (TPSA) is 83.0 Å². The predicted octanol–water partition coefficient (Wildman–Crippen LogP) is 0.688. The number of carbonyl (C=O) groups is 1. The van der Waals surface area contributed by atoms with Gasteiger partial charge in [0.25, 0.3) is 0 Å². The molecule has 2 aromatic rings. The van der Waals surface area contributed by atoms with Gasteiger partial charge >= 0.3 is 5.97 Å². The summed E-state index contributed by atoms with van der Waals surface area (Å²) in [5.41, 5.74) is 5.94. The highest BCUT2D eigenvalue weighted by Crippen LogP contribution is 2.10. The second-order valence-corrected chi connectivity index (χ2v) is 3.82. The normalized spacial score (nSPS) is 10.1. The Balaban J connectivity index is 2.48. The fraction of sp³-hybridized carbons (Fsp3) is 0.0909. The maximum atomic E-state index is 11.4.